The van der Waals surface area contributed by atoms with Gasteiger partial charge in [-0.05, 0) is 39.7 Å². The molecule has 1 aliphatic heterocycles. The second kappa shape index (κ2) is 7.92. The Morgan fingerprint density at radius 1 is 1.46 bits per heavy atom. The lowest BCUT2D eigenvalue weighted by atomic mass is 9.96. The van der Waals surface area contributed by atoms with E-state index in [1.54, 1.807) is 13.8 Å². The van der Waals surface area contributed by atoms with Crippen molar-refractivity contribution in [2.45, 2.75) is 57.8 Å². The second-order valence-corrected chi connectivity index (χ2v) is 6.92. The summed E-state index contributed by atoms with van der Waals surface area (Å²) < 4.78 is 5.88. The van der Waals surface area contributed by atoms with Crippen molar-refractivity contribution in [1.29, 1.82) is 0 Å². The van der Waals surface area contributed by atoms with Gasteiger partial charge in [-0.25, -0.2) is 0 Å². The Labute approximate surface area is 143 Å². The summed E-state index contributed by atoms with van der Waals surface area (Å²) >= 11 is 0. The molecule has 2 atom stereocenters. The van der Waals surface area contributed by atoms with Crippen LogP contribution in [0.4, 0.5) is 5.69 Å². The zero-order chi connectivity index (χ0) is 17.7. The van der Waals surface area contributed by atoms with Gasteiger partial charge >= 0.3 is 0 Å². The molecule has 0 fully saturated rings. The third-order valence-corrected chi connectivity index (χ3v) is 4.31. The highest BCUT2D eigenvalue weighted by atomic mass is 16.5. The number of amides is 1. The van der Waals surface area contributed by atoms with E-state index < -0.39 is 11.7 Å². The maximum atomic E-state index is 11.7. The molecule has 5 heteroatoms. The fourth-order valence-electron chi connectivity index (χ4n) is 2.65. The number of allylic oxidation sites excluding steroid dienone is 1. The van der Waals surface area contributed by atoms with Crippen LogP contribution in [0.5, 0.6) is 0 Å². The number of hydrogen-bond donors (Lipinski definition) is 3. The zero-order valence-corrected chi connectivity index (χ0v) is 14.6. The number of para-hydroxylation sites is 1. The second-order valence-electron chi connectivity index (χ2n) is 6.92. The molecular weight excluding hydrogens is 306 g/mol. The van der Waals surface area contributed by atoms with Gasteiger partial charge in [0.05, 0.1) is 30.8 Å². The van der Waals surface area contributed by atoms with Crippen molar-refractivity contribution in [3.8, 4) is 0 Å². The lowest BCUT2D eigenvalue weighted by Crippen LogP contribution is -2.35. The number of rotatable bonds is 7. The Balaban J connectivity index is 1.86. The smallest absolute Gasteiger partial charge is 0.227 e. The third kappa shape index (κ3) is 5.16. The topological polar surface area (TPSA) is 78.8 Å². The van der Waals surface area contributed by atoms with E-state index in [-0.39, 0.29) is 12.0 Å². The summed E-state index contributed by atoms with van der Waals surface area (Å²) in [6, 6.07) is 7.67. The number of hydrogen-bond acceptors (Lipinski definition) is 4. The first-order chi connectivity index (χ1) is 11.3. The number of carbonyl (C=O) groups excluding carboxylic acids is 1. The van der Waals surface area contributed by atoms with E-state index in [1.807, 2.05) is 37.3 Å². The van der Waals surface area contributed by atoms with Gasteiger partial charge in [0.15, 0.2) is 0 Å². The number of fused-ring (bicyclic) bond motifs is 1. The van der Waals surface area contributed by atoms with E-state index in [2.05, 4.69) is 5.32 Å². The van der Waals surface area contributed by atoms with Gasteiger partial charge in [0.2, 0.25) is 5.91 Å². The van der Waals surface area contributed by atoms with Crippen LogP contribution in [0.3, 0.4) is 0 Å². The average molecular weight is 333 g/mol. The van der Waals surface area contributed by atoms with E-state index in [0.717, 1.165) is 16.8 Å². The van der Waals surface area contributed by atoms with Crippen LogP contribution in [-0.4, -0.2) is 34.4 Å². The molecule has 3 N–H and O–H groups in total. The van der Waals surface area contributed by atoms with Crippen molar-refractivity contribution in [1.82, 2.24) is 0 Å². The van der Waals surface area contributed by atoms with E-state index in [4.69, 9.17) is 4.74 Å². The van der Waals surface area contributed by atoms with Crippen LogP contribution in [0.15, 0.2) is 35.9 Å². The highest BCUT2D eigenvalue weighted by molar-refractivity contribution is 5.94. The summed E-state index contributed by atoms with van der Waals surface area (Å²) in [5.74, 6) is -0.0345. The minimum absolute atomic E-state index is 0.0345. The van der Waals surface area contributed by atoms with Crippen molar-refractivity contribution in [3.05, 3.63) is 41.5 Å². The summed E-state index contributed by atoms with van der Waals surface area (Å²) in [5, 5.41) is 22.4. The lowest BCUT2D eigenvalue weighted by molar-refractivity contribution is -0.119. The van der Waals surface area contributed by atoms with Crippen molar-refractivity contribution < 1.29 is 19.7 Å². The molecule has 0 radical (unpaired) electrons. The third-order valence-electron chi connectivity index (χ3n) is 4.31. The van der Waals surface area contributed by atoms with E-state index in [9.17, 15) is 15.0 Å². The maximum Gasteiger partial charge on any atom is 0.227 e. The predicted octanol–water partition coefficient (Wildman–Crippen LogP) is 2.94. The van der Waals surface area contributed by atoms with Crippen molar-refractivity contribution in [2.75, 3.05) is 11.9 Å². The Hall–Kier alpha value is -1.69. The van der Waals surface area contributed by atoms with E-state index in [0.29, 0.717) is 25.9 Å². The Bertz CT molecular complexity index is 604. The van der Waals surface area contributed by atoms with E-state index in [1.165, 1.54) is 0 Å². The molecule has 1 heterocycles. The first-order valence-electron chi connectivity index (χ1n) is 8.34. The van der Waals surface area contributed by atoms with Crippen LogP contribution in [-0.2, 0) is 9.53 Å². The predicted molar refractivity (Wildman–Crippen MR) is 93.7 cm³/mol. The first-order valence-corrected chi connectivity index (χ1v) is 8.34. The molecule has 1 aromatic carbocycles. The monoisotopic (exact) mass is 333 g/mol. The number of ether oxygens (including phenoxy) is 1. The van der Waals surface area contributed by atoms with Gasteiger partial charge in [0, 0.05) is 11.3 Å². The molecule has 1 aromatic rings. The lowest BCUT2D eigenvalue weighted by Gasteiger charge is -2.25. The van der Waals surface area contributed by atoms with Gasteiger partial charge in [0.1, 0.15) is 0 Å². The molecule has 0 spiro atoms. The largest absolute Gasteiger partial charge is 0.390 e. The van der Waals surface area contributed by atoms with Gasteiger partial charge < -0.3 is 20.3 Å². The number of carbonyl (C=O) groups is 1. The number of aliphatic hydroxyl groups excluding tert-OH is 1. The molecule has 0 aromatic heterocycles. The molecule has 1 amide bonds. The summed E-state index contributed by atoms with van der Waals surface area (Å²) in [4.78, 5) is 11.7. The summed E-state index contributed by atoms with van der Waals surface area (Å²) in [5.41, 5.74) is 1.82. The Morgan fingerprint density at radius 2 is 2.17 bits per heavy atom. The molecule has 2 unspecified atom stereocenters. The van der Waals surface area contributed by atoms with Crippen LogP contribution in [0.2, 0.25) is 0 Å². The molecule has 132 valence electrons. The molecule has 2 rings (SSSR count). The van der Waals surface area contributed by atoms with Gasteiger partial charge in [-0.1, -0.05) is 29.8 Å². The minimum Gasteiger partial charge on any atom is -0.390 e. The van der Waals surface area contributed by atoms with Crippen molar-refractivity contribution >= 4 is 11.6 Å². The SMILES string of the molecule is C/C(=C\COC1CC(=O)Nc2ccccc21)CCC(O)C(C)(C)O. The van der Waals surface area contributed by atoms with Gasteiger partial charge in [-0.3, -0.25) is 4.79 Å². The van der Waals surface area contributed by atoms with Gasteiger partial charge in [0.25, 0.3) is 0 Å². The van der Waals surface area contributed by atoms with Crippen LogP contribution < -0.4 is 5.32 Å². The fourth-order valence-corrected chi connectivity index (χ4v) is 2.65. The standard InChI is InChI=1S/C19H27NO4/c1-13(8-9-17(21)19(2,3)23)10-11-24-16-12-18(22)20-15-7-5-4-6-14(15)16/h4-7,10,16-17,21,23H,8-9,11-12H2,1-3H3,(H,20,22)/b13-10+. The quantitative estimate of drug-likeness (QED) is 0.670. The summed E-state index contributed by atoms with van der Waals surface area (Å²) in [6.45, 7) is 5.59. The Kier molecular flexibility index (Phi) is 6.15. The molecule has 0 aliphatic carbocycles. The van der Waals surface area contributed by atoms with Gasteiger partial charge in [-0.15, -0.1) is 0 Å². The molecule has 1 aliphatic rings. The number of nitrogens with one attached hydrogen (secondary N) is 1. The molecule has 0 saturated heterocycles. The Morgan fingerprint density at radius 3 is 2.88 bits per heavy atom. The minimum atomic E-state index is -1.09. The van der Waals surface area contributed by atoms with Crippen LogP contribution >= 0.6 is 0 Å². The molecule has 0 saturated carbocycles. The fraction of sp³-hybridized carbons (Fsp3) is 0.526. The first kappa shape index (κ1) is 18.6. The summed E-state index contributed by atoms with van der Waals surface area (Å²) in [6.07, 6.45) is 2.49. The van der Waals surface area contributed by atoms with Crippen molar-refractivity contribution in [3.63, 3.8) is 0 Å². The highest BCUT2D eigenvalue weighted by Gasteiger charge is 2.25. The molecule has 0 bridgehead atoms. The molecular formula is C19H27NO4. The number of benzene rings is 1. The molecule has 5 nitrogen and oxygen atoms in total. The van der Waals surface area contributed by atoms with Crippen LogP contribution in [0.25, 0.3) is 0 Å². The molecule has 24 heavy (non-hydrogen) atoms. The summed E-state index contributed by atoms with van der Waals surface area (Å²) in [7, 11) is 0. The normalized spacial score (nSPS) is 19.6. The number of aliphatic hydroxyl groups is 2. The van der Waals surface area contributed by atoms with Gasteiger partial charge in [-0.2, -0.15) is 0 Å². The highest BCUT2D eigenvalue weighted by Crippen LogP contribution is 2.32. The maximum absolute atomic E-state index is 11.7. The van der Waals surface area contributed by atoms with Crippen LogP contribution in [0, 0.1) is 0 Å². The van der Waals surface area contributed by atoms with Crippen LogP contribution in [0.1, 0.15) is 51.7 Å². The van der Waals surface area contributed by atoms with Crippen molar-refractivity contribution in [2.24, 2.45) is 0 Å². The average Bonchev–Trinajstić information content (AvgIpc) is 2.51. The zero-order valence-electron chi connectivity index (χ0n) is 14.6. The number of anilines is 1. The van der Waals surface area contributed by atoms with E-state index >= 15 is 0 Å².